The number of hydrogen-bond acceptors (Lipinski definition) is 5. The number of carbonyl (C=O) groups is 1. The third kappa shape index (κ3) is 4.92. The van der Waals surface area contributed by atoms with Crippen LogP contribution in [0.5, 0.6) is 17.2 Å². The molecule has 3 rings (SSSR count). The molecule has 0 N–H and O–H groups in total. The first-order chi connectivity index (χ1) is 13.2. The van der Waals surface area contributed by atoms with Gasteiger partial charge in [0.15, 0.2) is 0 Å². The van der Waals surface area contributed by atoms with Crippen molar-refractivity contribution in [1.82, 2.24) is 4.90 Å². The fraction of sp³-hybridized carbons (Fsp3) is 0.381. The number of amides is 1. The molecule has 0 unspecified atom stereocenters. The number of morpholine rings is 1. The SMILES string of the molecule is CCOc1ccc(C(=O)N2CCOCC2)cc1COc1cccc(OC)c1. The smallest absolute Gasteiger partial charge is 0.254 e. The van der Waals surface area contributed by atoms with E-state index in [0.717, 1.165) is 17.1 Å². The minimum Gasteiger partial charge on any atom is -0.497 e. The van der Waals surface area contributed by atoms with Crippen LogP contribution < -0.4 is 14.2 Å². The lowest BCUT2D eigenvalue weighted by Gasteiger charge is -2.27. The number of benzene rings is 2. The summed E-state index contributed by atoms with van der Waals surface area (Å²) in [5.74, 6) is 2.15. The van der Waals surface area contributed by atoms with Crippen molar-refractivity contribution in [3.8, 4) is 17.2 Å². The lowest BCUT2D eigenvalue weighted by atomic mass is 10.1. The van der Waals surface area contributed by atoms with Gasteiger partial charge in [0.2, 0.25) is 0 Å². The molecule has 1 fully saturated rings. The highest BCUT2D eigenvalue weighted by atomic mass is 16.5. The Morgan fingerprint density at radius 1 is 1.07 bits per heavy atom. The van der Waals surface area contributed by atoms with Crippen LogP contribution in [-0.2, 0) is 11.3 Å². The van der Waals surface area contributed by atoms with Crippen LogP contribution in [0, 0.1) is 0 Å². The first-order valence-corrected chi connectivity index (χ1v) is 9.11. The van der Waals surface area contributed by atoms with E-state index in [4.69, 9.17) is 18.9 Å². The molecule has 27 heavy (non-hydrogen) atoms. The Kier molecular flexibility index (Phi) is 6.54. The Morgan fingerprint density at radius 3 is 2.59 bits per heavy atom. The summed E-state index contributed by atoms with van der Waals surface area (Å²) in [7, 11) is 1.62. The Morgan fingerprint density at radius 2 is 1.85 bits per heavy atom. The van der Waals surface area contributed by atoms with Gasteiger partial charge in [-0.15, -0.1) is 0 Å². The Hall–Kier alpha value is -2.73. The van der Waals surface area contributed by atoms with E-state index >= 15 is 0 Å². The predicted molar refractivity (Wildman–Crippen MR) is 102 cm³/mol. The lowest BCUT2D eigenvalue weighted by Crippen LogP contribution is -2.40. The average molecular weight is 371 g/mol. The molecule has 0 atom stereocenters. The Balaban J connectivity index is 1.77. The normalized spacial score (nSPS) is 13.9. The second kappa shape index (κ2) is 9.28. The van der Waals surface area contributed by atoms with Crippen molar-refractivity contribution in [2.24, 2.45) is 0 Å². The molecule has 1 heterocycles. The molecule has 2 aromatic carbocycles. The van der Waals surface area contributed by atoms with Crippen LogP contribution in [0.4, 0.5) is 0 Å². The molecule has 1 saturated heterocycles. The molecule has 1 amide bonds. The van der Waals surface area contributed by atoms with Crippen LogP contribution in [0.3, 0.4) is 0 Å². The molecule has 6 nitrogen and oxygen atoms in total. The molecule has 1 aliphatic rings. The fourth-order valence-corrected chi connectivity index (χ4v) is 2.92. The van der Waals surface area contributed by atoms with Crippen LogP contribution in [0.15, 0.2) is 42.5 Å². The van der Waals surface area contributed by atoms with E-state index in [1.807, 2.05) is 48.2 Å². The van der Waals surface area contributed by atoms with Gasteiger partial charge in [-0.3, -0.25) is 4.79 Å². The molecule has 2 aromatic rings. The van der Waals surface area contributed by atoms with E-state index < -0.39 is 0 Å². The van der Waals surface area contributed by atoms with Gasteiger partial charge in [-0.1, -0.05) is 6.07 Å². The first kappa shape index (κ1) is 19.0. The highest BCUT2D eigenvalue weighted by Gasteiger charge is 2.20. The summed E-state index contributed by atoms with van der Waals surface area (Å²) in [4.78, 5) is 14.6. The molecule has 0 radical (unpaired) electrons. The number of methoxy groups -OCH3 is 1. The van der Waals surface area contributed by atoms with Crippen LogP contribution >= 0.6 is 0 Å². The standard InChI is InChI=1S/C21H25NO5/c1-3-26-20-8-7-16(21(23)22-9-11-25-12-10-22)13-17(20)15-27-19-6-4-5-18(14-19)24-2/h4-8,13-14H,3,9-12,15H2,1-2H3. The van der Waals surface area contributed by atoms with E-state index in [9.17, 15) is 4.79 Å². The van der Waals surface area contributed by atoms with Crippen LogP contribution in [0.2, 0.25) is 0 Å². The molecule has 0 aliphatic carbocycles. The fourth-order valence-electron chi connectivity index (χ4n) is 2.92. The second-order valence-corrected chi connectivity index (χ2v) is 6.13. The maximum absolute atomic E-state index is 12.8. The predicted octanol–water partition coefficient (Wildman–Crippen LogP) is 3.15. The molecule has 0 saturated carbocycles. The Labute approximate surface area is 159 Å². The maximum Gasteiger partial charge on any atom is 0.254 e. The van der Waals surface area contributed by atoms with E-state index in [1.54, 1.807) is 13.2 Å². The summed E-state index contributed by atoms with van der Waals surface area (Å²) < 4.78 is 22.1. The summed E-state index contributed by atoms with van der Waals surface area (Å²) in [6, 6.07) is 12.9. The largest absolute Gasteiger partial charge is 0.497 e. The number of carbonyl (C=O) groups excluding carboxylic acids is 1. The van der Waals surface area contributed by atoms with Gasteiger partial charge in [0.05, 0.1) is 26.9 Å². The van der Waals surface area contributed by atoms with E-state index in [0.29, 0.717) is 50.8 Å². The van der Waals surface area contributed by atoms with Gasteiger partial charge in [0, 0.05) is 30.3 Å². The zero-order chi connectivity index (χ0) is 19.1. The van der Waals surface area contributed by atoms with E-state index in [-0.39, 0.29) is 5.91 Å². The summed E-state index contributed by atoms with van der Waals surface area (Å²) >= 11 is 0. The molecular formula is C21H25NO5. The summed E-state index contributed by atoms with van der Waals surface area (Å²) in [6.45, 7) is 5.15. The highest BCUT2D eigenvalue weighted by molar-refractivity contribution is 5.94. The molecule has 6 heteroatoms. The third-order valence-electron chi connectivity index (χ3n) is 4.34. The van der Waals surface area contributed by atoms with Gasteiger partial charge >= 0.3 is 0 Å². The molecule has 1 aliphatic heterocycles. The molecule has 144 valence electrons. The number of rotatable bonds is 7. The average Bonchev–Trinajstić information content (AvgIpc) is 2.73. The van der Waals surface area contributed by atoms with Gasteiger partial charge in [0.1, 0.15) is 23.9 Å². The van der Waals surface area contributed by atoms with Crippen molar-refractivity contribution in [2.75, 3.05) is 40.0 Å². The number of ether oxygens (including phenoxy) is 4. The van der Waals surface area contributed by atoms with Gasteiger partial charge < -0.3 is 23.8 Å². The van der Waals surface area contributed by atoms with E-state index in [1.165, 1.54) is 0 Å². The Bertz CT molecular complexity index is 771. The number of hydrogen-bond donors (Lipinski definition) is 0. The van der Waals surface area contributed by atoms with Crippen LogP contribution in [0.25, 0.3) is 0 Å². The molecule has 0 bridgehead atoms. The quantitative estimate of drug-likeness (QED) is 0.748. The van der Waals surface area contributed by atoms with Crippen molar-refractivity contribution in [3.05, 3.63) is 53.6 Å². The van der Waals surface area contributed by atoms with E-state index in [2.05, 4.69) is 0 Å². The second-order valence-electron chi connectivity index (χ2n) is 6.13. The van der Waals surface area contributed by atoms with Crippen molar-refractivity contribution in [2.45, 2.75) is 13.5 Å². The van der Waals surface area contributed by atoms with Gasteiger partial charge in [-0.25, -0.2) is 0 Å². The van der Waals surface area contributed by atoms with Crippen LogP contribution in [-0.4, -0.2) is 50.8 Å². The van der Waals surface area contributed by atoms with Gasteiger partial charge in [-0.2, -0.15) is 0 Å². The van der Waals surface area contributed by atoms with Crippen molar-refractivity contribution >= 4 is 5.91 Å². The maximum atomic E-state index is 12.8. The molecule has 0 spiro atoms. The number of nitrogens with zero attached hydrogens (tertiary/aromatic N) is 1. The monoisotopic (exact) mass is 371 g/mol. The highest BCUT2D eigenvalue weighted by Crippen LogP contribution is 2.25. The van der Waals surface area contributed by atoms with Crippen molar-refractivity contribution < 1.29 is 23.7 Å². The zero-order valence-corrected chi connectivity index (χ0v) is 15.8. The van der Waals surface area contributed by atoms with Gasteiger partial charge in [0.25, 0.3) is 5.91 Å². The van der Waals surface area contributed by atoms with Gasteiger partial charge in [-0.05, 0) is 37.3 Å². The lowest BCUT2D eigenvalue weighted by molar-refractivity contribution is 0.0302. The topological polar surface area (TPSA) is 57.2 Å². The minimum atomic E-state index is 0.00368. The first-order valence-electron chi connectivity index (χ1n) is 9.11. The summed E-state index contributed by atoms with van der Waals surface area (Å²) in [6.07, 6.45) is 0. The molecular weight excluding hydrogens is 346 g/mol. The third-order valence-corrected chi connectivity index (χ3v) is 4.34. The zero-order valence-electron chi connectivity index (χ0n) is 15.8. The van der Waals surface area contributed by atoms with Crippen molar-refractivity contribution in [1.29, 1.82) is 0 Å². The molecule has 0 aromatic heterocycles. The van der Waals surface area contributed by atoms with Crippen LogP contribution in [0.1, 0.15) is 22.8 Å². The summed E-state index contributed by atoms with van der Waals surface area (Å²) in [5, 5.41) is 0. The minimum absolute atomic E-state index is 0.00368. The van der Waals surface area contributed by atoms with Crippen molar-refractivity contribution in [3.63, 3.8) is 0 Å². The summed E-state index contributed by atoms with van der Waals surface area (Å²) in [5.41, 5.74) is 1.46.